The normalized spacial score (nSPS) is 10.1. The van der Waals surface area contributed by atoms with Crippen molar-refractivity contribution in [2.24, 2.45) is 0 Å². The number of phenolic OH excluding ortho intramolecular Hbond substituents is 1. The summed E-state index contributed by atoms with van der Waals surface area (Å²) in [7, 11) is 0. The van der Waals surface area contributed by atoms with Gasteiger partial charge in [0.05, 0.1) is 11.1 Å². The van der Waals surface area contributed by atoms with E-state index in [4.69, 9.17) is 0 Å². The third-order valence-corrected chi connectivity index (χ3v) is 2.70. The summed E-state index contributed by atoms with van der Waals surface area (Å²) in [6.07, 6.45) is 0. The first-order valence-electron chi connectivity index (χ1n) is 5.54. The molecule has 2 aromatic rings. The molecule has 0 aliphatic carbocycles. The third-order valence-electron chi connectivity index (χ3n) is 2.70. The van der Waals surface area contributed by atoms with E-state index in [-0.39, 0.29) is 28.4 Å². The van der Waals surface area contributed by atoms with Crippen molar-refractivity contribution in [3.05, 3.63) is 65.2 Å². The van der Waals surface area contributed by atoms with Gasteiger partial charge in [-0.15, -0.1) is 0 Å². The van der Waals surface area contributed by atoms with Crippen LogP contribution < -0.4 is 0 Å². The molecule has 0 aromatic heterocycles. The van der Waals surface area contributed by atoms with Crippen molar-refractivity contribution in [3.8, 4) is 5.75 Å². The highest BCUT2D eigenvalue weighted by molar-refractivity contribution is 6.12. The monoisotopic (exact) mass is 240 g/mol. The van der Waals surface area contributed by atoms with Crippen LogP contribution in [0.1, 0.15) is 33.2 Å². The molecule has 18 heavy (non-hydrogen) atoms. The second kappa shape index (κ2) is 4.84. The number of hydrogen-bond acceptors (Lipinski definition) is 3. The Kier molecular flexibility index (Phi) is 3.24. The van der Waals surface area contributed by atoms with Gasteiger partial charge in [-0.05, 0) is 19.1 Å². The van der Waals surface area contributed by atoms with Gasteiger partial charge in [-0.3, -0.25) is 9.59 Å². The maximum atomic E-state index is 12.2. The Balaban J connectivity index is 2.50. The Morgan fingerprint density at radius 2 is 1.50 bits per heavy atom. The van der Waals surface area contributed by atoms with E-state index in [1.165, 1.54) is 19.1 Å². The van der Waals surface area contributed by atoms with E-state index >= 15 is 0 Å². The lowest BCUT2D eigenvalue weighted by molar-refractivity contribution is 0.101. The number of carbonyl (C=O) groups is 2. The number of benzene rings is 2. The summed E-state index contributed by atoms with van der Waals surface area (Å²) in [4.78, 5) is 23.5. The van der Waals surface area contributed by atoms with Crippen molar-refractivity contribution >= 4 is 11.6 Å². The van der Waals surface area contributed by atoms with Gasteiger partial charge in [0.25, 0.3) is 0 Å². The molecule has 3 nitrogen and oxygen atoms in total. The van der Waals surface area contributed by atoms with E-state index in [2.05, 4.69) is 0 Å². The van der Waals surface area contributed by atoms with Crippen molar-refractivity contribution in [1.29, 1.82) is 0 Å². The molecule has 0 aliphatic rings. The van der Waals surface area contributed by atoms with Crippen LogP contribution in [0.15, 0.2) is 48.5 Å². The molecule has 3 heteroatoms. The van der Waals surface area contributed by atoms with E-state index in [1.54, 1.807) is 30.3 Å². The summed E-state index contributed by atoms with van der Waals surface area (Å²) in [6.45, 7) is 1.35. The quantitative estimate of drug-likeness (QED) is 0.839. The molecular formula is C15H12O3. The first-order valence-corrected chi connectivity index (χ1v) is 5.54. The fraction of sp³-hybridized carbons (Fsp3) is 0.0667. The molecule has 2 rings (SSSR count). The van der Waals surface area contributed by atoms with Gasteiger partial charge in [0, 0.05) is 5.56 Å². The van der Waals surface area contributed by atoms with Gasteiger partial charge in [0.2, 0.25) is 0 Å². The zero-order chi connectivity index (χ0) is 13.1. The number of Topliss-reactive ketones (excluding diaryl/α,β-unsaturated/α-hetero) is 1. The standard InChI is InChI=1S/C15H12O3/c1-10(16)12-8-5-9-13(15(12)18)14(17)11-6-3-2-4-7-11/h2-9,18H,1H3. The first-order chi connectivity index (χ1) is 8.61. The Hall–Kier alpha value is -2.42. The number of rotatable bonds is 3. The molecule has 0 spiro atoms. The van der Waals surface area contributed by atoms with Crippen LogP contribution >= 0.6 is 0 Å². The highest BCUT2D eigenvalue weighted by Gasteiger charge is 2.17. The molecule has 0 bridgehead atoms. The van der Waals surface area contributed by atoms with E-state index in [0.29, 0.717) is 5.56 Å². The highest BCUT2D eigenvalue weighted by Crippen LogP contribution is 2.25. The summed E-state index contributed by atoms with van der Waals surface area (Å²) in [5, 5.41) is 9.95. The fourth-order valence-corrected chi connectivity index (χ4v) is 1.76. The number of aromatic hydroxyl groups is 1. The van der Waals surface area contributed by atoms with Gasteiger partial charge in [0.1, 0.15) is 5.75 Å². The Bertz CT molecular complexity index is 600. The van der Waals surface area contributed by atoms with Crippen LogP contribution in [-0.4, -0.2) is 16.7 Å². The van der Waals surface area contributed by atoms with Crippen LogP contribution in [0.25, 0.3) is 0 Å². The van der Waals surface area contributed by atoms with Gasteiger partial charge in [-0.25, -0.2) is 0 Å². The maximum Gasteiger partial charge on any atom is 0.196 e. The van der Waals surface area contributed by atoms with Crippen LogP contribution in [0.5, 0.6) is 5.75 Å². The lowest BCUT2D eigenvalue weighted by atomic mass is 9.99. The molecular weight excluding hydrogens is 228 g/mol. The van der Waals surface area contributed by atoms with Gasteiger partial charge in [-0.1, -0.05) is 36.4 Å². The SMILES string of the molecule is CC(=O)c1cccc(C(=O)c2ccccc2)c1O. The lowest BCUT2D eigenvalue weighted by Gasteiger charge is -2.06. The molecule has 0 amide bonds. The summed E-state index contributed by atoms with van der Waals surface area (Å²) in [6, 6.07) is 13.2. The van der Waals surface area contributed by atoms with Crippen molar-refractivity contribution in [1.82, 2.24) is 0 Å². The molecule has 2 aromatic carbocycles. The first kappa shape index (κ1) is 12.0. The molecule has 0 heterocycles. The molecule has 0 atom stereocenters. The number of phenols is 1. The number of carbonyl (C=O) groups excluding carboxylic acids is 2. The van der Waals surface area contributed by atoms with Crippen LogP contribution in [0, 0.1) is 0 Å². The van der Waals surface area contributed by atoms with Crippen molar-refractivity contribution in [2.45, 2.75) is 6.92 Å². The van der Waals surface area contributed by atoms with Gasteiger partial charge < -0.3 is 5.11 Å². The second-order valence-electron chi connectivity index (χ2n) is 3.95. The van der Waals surface area contributed by atoms with Crippen molar-refractivity contribution < 1.29 is 14.7 Å². The number of ketones is 2. The van der Waals surface area contributed by atoms with Crippen molar-refractivity contribution in [2.75, 3.05) is 0 Å². The molecule has 0 saturated carbocycles. The van der Waals surface area contributed by atoms with Crippen LogP contribution in [0.4, 0.5) is 0 Å². The predicted octanol–water partition coefficient (Wildman–Crippen LogP) is 2.83. The zero-order valence-electron chi connectivity index (χ0n) is 9.88. The van der Waals surface area contributed by atoms with E-state index in [1.807, 2.05) is 6.07 Å². The van der Waals surface area contributed by atoms with E-state index in [0.717, 1.165) is 0 Å². The minimum atomic E-state index is -0.295. The van der Waals surface area contributed by atoms with Gasteiger partial charge in [0.15, 0.2) is 11.6 Å². The largest absolute Gasteiger partial charge is 0.506 e. The molecule has 0 unspecified atom stereocenters. The Labute approximate surface area is 105 Å². The van der Waals surface area contributed by atoms with E-state index in [9.17, 15) is 14.7 Å². The van der Waals surface area contributed by atoms with Gasteiger partial charge >= 0.3 is 0 Å². The highest BCUT2D eigenvalue weighted by atomic mass is 16.3. The molecule has 90 valence electrons. The number of hydrogen-bond donors (Lipinski definition) is 1. The number of para-hydroxylation sites is 1. The summed E-state index contributed by atoms with van der Waals surface area (Å²) in [5.74, 6) is -0.815. The van der Waals surface area contributed by atoms with Crippen LogP contribution in [-0.2, 0) is 0 Å². The Morgan fingerprint density at radius 3 is 2.11 bits per heavy atom. The van der Waals surface area contributed by atoms with Gasteiger partial charge in [-0.2, -0.15) is 0 Å². The van der Waals surface area contributed by atoms with Crippen LogP contribution in [0.3, 0.4) is 0 Å². The zero-order valence-corrected chi connectivity index (χ0v) is 9.88. The van der Waals surface area contributed by atoms with Crippen molar-refractivity contribution in [3.63, 3.8) is 0 Å². The predicted molar refractivity (Wildman–Crippen MR) is 68.0 cm³/mol. The topological polar surface area (TPSA) is 54.4 Å². The Morgan fingerprint density at radius 1 is 0.889 bits per heavy atom. The fourth-order valence-electron chi connectivity index (χ4n) is 1.76. The smallest absolute Gasteiger partial charge is 0.196 e. The summed E-state index contributed by atoms with van der Waals surface area (Å²) < 4.78 is 0. The van der Waals surface area contributed by atoms with Crippen LogP contribution in [0.2, 0.25) is 0 Å². The maximum absolute atomic E-state index is 12.2. The lowest BCUT2D eigenvalue weighted by Crippen LogP contribution is -2.04. The molecule has 0 radical (unpaired) electrons. The average Bonchev–Trinajstić information content (AvgIpc) is 2.39. The molecule has 0 saturated heterocycles. The summed E-state index contributed by atoms with van der Waals surface area (Å²) in [5.41, 5.74) is 0.791. The summed E-state index contributed by atoms with van der Waals surface area (Å²) >= 11 is 0. The minimum absolute atomic E-state index is 0.147. The average molecular weight is 240 g/mol. The molecule has 1 N–H and O–H groups in total. The molecule has 0 fully saturated rings. The second-order valence-corrected chi connectivity index (χ2v) is 3.95. The van der Waals surface area contributed by atoms with E-state index < -0.39 is 0 Å². The minimum Gasteiger partial charge on any atom is -0.506 e. The molecule has 0 aliphatic heterocycles. The third kappa shape index (κ3) is 2.15.